The zero-order valence-electron chi connectivity index (χ0n) is 15.1. The minimum absolute atomic E-state index is 0.370. The zero-order chi connectivity index (χ0) is 17.7. The van der Waals surface area contributed by atoms with Gasteiger partial charge in [0.15, 0.2) is 0 Å². The molecule has 126 valence electrons. The summed E-state index contributed by atoms with van der Waals surface area (Å²) in [4.78, 5) is 4.59. The fourth-order valence-electron chi connectivity index (χ4n) is 3.25. The normalized spacial score (nSPS) is 18.6. The molecule has 3 nitrogen and oxygen atoms in total. The first-order valence-corrected chi connectivity index (χ1v) is 8.68. The van der Waals surface area contributed by atoms with Crippen LogP contribution >= 0.6 is 0 Å². The van der Waals surface area contributed by atoms with Crippen LogP contribution in [0.3, 0.4) is 0 Å². The first-order valence-electron chi connectivity index (χ1n) is 8.68. The van der Waals surface area contributed by atoms with Crippen LogP contribution in [-0.4, -0.2) is 23.3 Å². The van der Waals surface area contributed by atoms with Gasteiger partial charge >= 0.3 is 7.12 Å². The molecule has 25 heavy (non-hydrogen) atoms. The van der Waals surface area contributed by atoms with Crippen molar-refractivity contribution in [1.82, 2.24) is 4.98 Å². The summed E-state index contributed by atoms with van der Waals surface area (Å²) in [6, 6.07) is 18.6. The molecular formula is C21H22BNO2. The van der Waals surface area contributed by atoms with Crippen LogP contribution in [0.4, 0.5) is 0 Å². The van der Waals surface area contributed by atoms with Gasteiger partial charge in [0.25, 0.3) is 0 Å². The second-order valence-electron chi connectivity index (χ2n) is 7.55. The Morgan fingerprint density at radius 3 is 2.16 bits per heavy atom. The van der Waals surface area contributed by atoms with Crippen molar-refractivity contribution in [2.24, 2.45) is 0 Å². The number of benzene rings is 2. The molecule has 0 saturated carbocycles. The fourth-order valence-corrected chi connectivity index (χ4v) is 3.25. The molecular weight excluding hydrogens is 309 g/mol. The molecule has 4 rings (SSSR count). The number of nitrogens with zero attached hydrogens (tertiary/aromatic N) is 1. The van der Waals surface area contributed by atoms with E-state index in [-0.39, 0.29) is 11.2 Å². The van der Waals surface area contributed by atoms with Crippen molar-refractivity contribution in [2.45, 2.75) is 38.9 Å². The summed E-state index contributed by atoms with van der Waals surface area (Å²) in [6.45, 7) is 8.31. The third kappa shape index (κ3) is 2.66. The highest BCUT2D eigenvalue weighted by Crippen LogP contribution is 2.38. The first-order chi connectivity index (χ1) is 11.9. The van der Waals surface area contributed by atoms with Crippen LogP contribution in [0.5, 0.6) is 0 Å². The van der Waals surface area contributed by atoms with Gasteiger partial charge in [0.05, 0.1) is 16.9 Å². The summed E-state index contributed by atoms with van der Waals surface area (Å²) in [7, 11) is -0.411. The van der Waals surface area contributed by atoms with E-state index in [2.05, 4.69) is 69.1 Å². The minimum Gasteiger partial charge on any atom is -0.399 e. The molecule has 0 amide bonds. The Morgan fingerprint density at radius 1 is 0.800 bits per heavy atom. The monoisotopic (exact) mass is 331 g/mol. The predicted molar refractivity (Wildman–Crippen MR) is 103 cm³/mol. The summed E-state index contributed by atoms with van der Waals surface area (Å²) in [6.07, 6.45) is 1.82. The molecule has 1 saturated heterocycles. The van der Waals surface area contributed by atoms with Crippen molar-refractivity contribution >= 4 is 23.4 Å². The summed E-state index contributed by atoms with van der Waals surface area (Å²) >= 11 is 0. The van der Waals surface area contributed by atoms with Crippen LogP contribution < -0.4 is 5.46 Å². The third-order valence-corrected chi connectivity index (χ3v) is 5.39. The van der Waals surface area contributed by atoms with Crippen LogP contribution in [0.25, 0.3) is 22.0 Å². The van der Waals surface area contributed by atoms with E-state index < -0.39 is 7.12 Å². The quantitative estimate of drug-likeness (QED) is 0.660. The van der Waals surface area contributed by atoms with E-state index in [1.807, 2.05) is 24.4 Å². The van der Waals surface area contributed by atoms with E-state index in [9.17, 15) is 0 Å². The van der Waals surface area contributed by atoms with Crippen LogP contribution in [0.2, 0.25) is 0 Å². The Bertz CT molecular complexity index is 906. The van der Waals surface area contributed by atoms with E-state index in [1.165, 1.54) is 5.39 Å². The number of pyridine rings is 1. The molecule has 0 radical (unpaired) electrons. The molecule has 0 unspecified atom stereocenters. The molecule has 3 aromatic rings. The van der Waals surface area contributed by atoms with Crippen molar-refractivity contribution < 1.29 is 9.31 Å². The van der Waals surface area contributed by atoms with Gasteiger partial charge in [-0.2, -0.15) is 0 Å². The lowest BCUT2D eigenvalue weighted by Crippen LogP contribution is -2.41. The Kier molecular flexibility index (Phi) is 3.71. The Hall–Kier alpha value is -2.17. The largest absolute Gasteiger partial charge is 0.495 e. The number of hydrogen-bond donors (Lipinski definition) is 0. The summed E-state index contributed by atoms with van der Waals surface area (Å²) < 4.78 is 12.6. The first kappa shape index (κ1) is 16.3. The molecule has 2 heterocycles. The molecule has 1 aromatic heterocycles. The molecule has 1 fully saturated rings. The maximum atomic E-state index is 6.31. The van der Waals surface area contributed by atoms with E-state index in [0.717, 1.165) is 22.1 Å². The van der Waals surface area contributed by atoms with Gasteiger partial charge in [-0.25, -0.2) is 0 Å². The predicted octanol–water partition coefficient (Wildman–Crippen LogP) is 4.20. The maximum Gasteiger partial charge on any atom is 0.495 e. The molecule has 0 bridgehead atoms. The molecule has 0 aliphatic carbocycles. The molecule has 0 spiro atoms. The van der Waals surface area contributed by atoms with Crippen molar-refractivity contribution in [3.63, 3.8) is 0 Å². The number of aromatic nitrogens is 1. The Labute approximate surface area is 149 Å². The molecule has 1 aliphatic heterocycles. The third-order valence-electron chi connectivity index (χ3n) is 5.39. The average molecular weight is 331 g/mol. The van der Waals surface area contributed by atoms with Gasteiger partial charge < -0.3 is 9.31 Å². The highest BCUT2D eigenvalue weighted by atomic mass is 16.7. The highest BCUT2D eigenvalue weighted by molar-refractivity contribution is 6.64. The number of rotatable bonds is 2. The Morgan fingerprint density at radius 2 is 1.48 bits per heavy atom. The van der Waals surface area contributed by atoms with Gasteiger partial charge in [0.1, 0.15) is 0 Å². The van der Waals surface area contributed by atoms with E-state index >= 15 is 0 Å². The van der Waals surface area contributed by atoms with E-state index in [1.54, 1.807) is 0 Å². The summed E-state index contributed by atoms with van der Waals surface area (Å²) in [5.74, 6) is 0. The van der Waals surface area contributed by atoms with Crippen molar-refractivity contribution in [3.05, 3.63) is 60.8 Å². The fraction of sp³-hybridized carbons (Fsp3) is 0.286. The van der Waals surface area contributed by atoms with Crippen molar-refractivity contribution in [2.75, 3.05) is 0 Å². The van der Waals surface area contributed by atoms with E-state index in [0.29, 0.717) is 0 Å². The van der Waals surface area contributed by atoms with Crippen LogP contribution in [0.1, 0.15) is 27.7 Å². The molecule has 0 atom stereocenters. The zero-order valence-corrected chi connectivity index (χ0v) is 15.1. The molecule has 2 aromatic carbocycles. The lowest BCUT2D eigenvalue weighted by atomic mass is 9.73. The Balaban J connectivity index is 1.94. The second kappa shape index (κ2) is 5.68. The van der Waals surface area contributed by atoms with E-state index in [4.69, 9.17) is 9.31 Å². The van der Waals surface area contributed by atoms with Gasteiger partial charge in [0.2, 0.25) is 0 Å². The smallest absolute Gasteiger partial charge is 0.399 e. The molecule has 1 aliphatic rings. The summed E-state index contributed by atoms with van der Waals surface area (Å²) in [5.41, 5.74) is 2.30. The average Bonchev–Trinajstić information content (AvgIpc) is 2.82. The molecule has 0 N–H and O–H groups in total. The lowest BCUT2D eigenvalue weighted by Gasteiger charge is -2.32. The van der Waals surface area contributed by atoms with Crippen LogP contribution in [0.15, 0.2) is 60.8 Å². The second-order valence-corrected chi connectivity index (χ2v) is 7.55. The summed E-state index contributed by atoms with van der Waals surface area (Å²) in [5, 5.41) is 2.34. The van der Waals surface area contributed by atoms with Gasteiger partial charge in [-0.15, -0.1) is 0 Å². The minimum atomic E-state index is -0.411. The highest BCUT2D eigenvalue weighted by Gasteiger charge is 2.52. The maximum absolute atomic E-state index is 6.31. The number of hydrogen-bond acceptors (Lipinski definition) is 3. The van der Waals surface area contributed by atoms with Gasteiger partial charge in [-0.3, -0.25) is 4.98 Å². The lowest BCUT2D eigenvalue weighted by molar-refractivity contribution is 0.00578. The van der Waals surface area contributed by atoms with Crippen LogP contribution in [0, 0.1) is 0 Å². The topological polar surface area (TPSA) is 31.4 Å². The molecule has 4 heteroatoms. The standard InChI is InChI=1S/C21H22BNO2/c1-20(2)21(3,4)25-22(24-20)17-13-12-15-9-5-6-10-16(15)19(17)18-11-7-8-14-23-18/h5-14H,1-4H3. The van der Waals surface area contributed by atoms with Gasteiger partial charge in [0, 0.05) is 11.8 Å². The van der Waals surface area contributed by atoms with Gasteiger partial charge in [-0.05, 0) is 56.1 Å². The van der Waals surface area contributed by atoms with Crippen molar-refractivity contribution in [3.8, 4) is 11.3 Å². The van der Waals surface area contributed by atoms with Crippen molar-refractivity contribution in [1.29, 1.82) is 0 Å². The SMILES string of the molecule is CC1(C)OB(c2ccc3ccccc3c2-c2ccccn2)OC1(C)C. The van der Waals surface area contributed by atoms with Gasteiger partial charge in [-0.1, -0.05) is 42.5 Å². The number of fused-ring (bicyclic) bond motifs is 1. The van der Waals surface area contributed by atoms with Crippen LogP contribution in [-0.2, 0) is 9.31 Å².